The van der Waals surface area contributed by atoms with Crippen LogP contribution in [0.5, 0.6) is 0 Å². The van der Waals surface area contributed by atoms with Crippen LogP contribution in [0.2, 0.25) is 0 Å². The fourth-order valence-electron chi connectivity index (χ4n) is 5.72. The van der Waals surface area contributed by atoms with Gasteiger partial charge in [-0.1, -0.05) is 34.6 Å². The molecule has 166 valence electrons. The molecule has 3 aliphatic rings. The first kappa shape index (κ1) is 21.4. The van der Waals surface area contributed by atoms with Gasteiger partial charge in [0.2, 0.25) is 6.41 Å². The third-order valence-electron chi connectivity index (χ3n) is 8.73. The van der Waals surface area contributed by atoms with E-state index >= 15 is 0 Å². The van der Waals surface area contributed by atoms with Gasteiger partial charge in [0.05, 0.1) is 0 Å². The van der Waals surface area contributed by atoms with E-state index in [-0.39, 0.29) is 16.7 Å². The minimum Gasteiger partial charge on any atom is -0.384 e. The number of allylic oxidation sites excluding steroid dienone is 3. The van der Waals surface area contributed by atoms with Crippen molar-refractivity contribution >= 4 is 23.8 Å². The number of carbonyl (C=O) groups is 2. The molecule has 1 aliphatic carbocycles. The van der Waals surface area contributed by atoms with Crippen molar-refractivity contribution in [2.24, 2.45) is 16.7 Å². The molecule has 0 radical (unpaired) electrons. The zero-order chi connectivity index (χ0) is 22.9. The zero-order valence-electron chi connectivity index (χ0n) is 19.5. The van der Waals surface area contributed by atoms with E-state index in [1.165, 1.54) is 0 Å². The average Bonchev–Trinajstić information content (AvgIpc) is 3.04. The van der Waals surface area contributed by atoms with Gasteiger partial charge < -0.3 is 16.4 Å². The largest absolute Gasteiger partial charge is 0.384 e. The maximum atomic E-state index is 13.3. The van der Waals surface area contributed by atoms with Gasteiger partial charge >= 0.3 is 0 Å². The number of rotatable bonds is 2. The molecule has 1 saturated heterocycles. The molecule has 1 aromatic heterocycles. The van der Waals surface area contributed by atoms with E-state index in [0.29, 0.717) is 23.9 Å². The minimum atomic E-state index is -0.740. The molecule has 2 unspecified atom stereocenters. The Kier molecular flexibility index (Phi) is 4.54. The van der Waals surface area contributed by atoms with Crippen molar-refractivity contribution in [2.75, 3.05) is 11.1 Å². The molecule has 2 amide bonds. The van der Waals surface area contributed by atoms with Gasteiger partial charge in [-0.3, -0.25) is 14.5 Å². The molecule has 2 aliphatic heterocycles. The van der Waals surface area contributed by atoms with Crippen molar-refractivity contribution in [2.45, 2.75) is 67.0 Å². The SMILES string of the molecule is CC1=C(/C(C)=C2/C(=O)NC3(CC(C)C(C)(C)C3(C)C)N2C=O)Cc2cnc(N)cc2N1. The molecule has 0 aromatic carbocycles. The minimum absolute atomic E-state index is 0.0585. The van der Waals surface area contributed by atoms with Gasteiger partial charge in [0.1, 0.15) is 17.2 Å². The summed E-state index contributed by atoms with van der Waals surface area (Å²) in [5, 5.41) is 6.63. The second-order valence-electron chi connectivity index (χ2n) is 10.4. The summed E-state index contributed by atoms with van der Waals surface area (Å²) < 4.78 is 0. The van der Waals surface area contributed by atoms with Crippen LogP contribution in [0.1, 0.15) is 60.5 Å². The Balaban J connectivity index is 1.82. The standard InChI is InChI=1S/C24H33N5O2/c1-13-10-24(23(6,7)22(13,4)5)28-21(31)20(29(24)12-30)14(2)17-8-16-11-26-19(25)9-18(16)27-15(17)3/h9,11-13,27H,8,10H2,1-7H3,(H2,25,26)(H,28,31)/b20-14-. The lowest BCUT2D eigenvalue weighted by Crippen LogP contribution is -2.60. The van der Waals surface area contributed by atoms with Crippen LogP contribution in [-0.4, -0.2) is 27.9 Å². The monoisotopic (exact) mass is 423 g/mol. The number of hydrogen-bond donors (Lipinski definition) is 3. The molecule has 1 saturated carbocycles. The van der Waals surface area contributed by atoms with Gasteiger partial charge in [-0.05, 0) is 48.3 Å². The predicted octanol–water partition coefficient (Wildman–Crippen LogP) is 3.56. The number of nitrogens with two attached hydrogens (primary N) is 1. The smallest absolute Gasteiger partial charge is 0.270 e. The number of anilines is 2. The summed E-state index contributed by atoms with van der Waals surface area (Å²) in [6, 6.07) is 1.82. The summed E-state index contributed by atoms with van der Waals surface area (Å²) in [4.78, 5) is 31.7. The number of carbonyl (C=O) groups excluding carboxylic acids is 2. The third kappa shape index (κ3) is 2.68. The fraction of sp³-hybridized carbons (Fsp3) is 0.542. The Morgan fingerprint density at radius 3 is 2.58 bits per heavy atom. The molecule has 0 bridgehead atoms. The first-order valence-corrected chi connectivity index (χ1v) is 10.9. The van der Waals surface area contributed by atoms with Crippen molar-refractivity contribution in [3.63, 3.8) is 0 Å². The Labute approximate surface area is 184 Å². The number of nitrogen functional groups attached to an aromatic ring is 1. The van der Waals surface area contributed by atoms with Crippen LogP contribution < -0.4 is 16.4 Å². The number of amides is 2. The lowest BCUT2D eigenvalue weighted by Gasteiger charge is -2.48. The molecule has 1 spiro atoms. The first-order valence-electron chi connectivity index (χ1n) is 10.9. The Hall–Kier alpha value is -2.83. The fourth-order valence-corrected chi connectivity index (χ4v) is 5.72. The molecule has 2 fully saturated rings. The molecule has 3 heterocycles. The zero-order valence-corrected chi connectivity index (χ0v) is 19.5. The number of nitrogens with one attached hydrogen (secondary N) is 2. The highest BCUT2D eigenvalue weighted by Gasteiger charge is 2.68. The summed E-state index contributed by atoms with van der Waals surface area (Å²) in [5.41, 5.74) is 9.84. The van der Waals surface area contributed by atoms with E-state index in [4.69, 9.17) is 5.73 Å². The van der Waals surface area contributed by atoms with Crippen molar-refractivity contribution in [1.82, 2.24) is 15.2 Å². The third-order valence-corrected chi connectivity index (χ3v) is 8.73. The van der Waals surface area contributed by atoms with Crippen molar-refractivity contribution in [3.8, 4) is 0 Å². The van der Waals surface area contributed by atoms with Crippen LogP contribution in [-0.2, 0) is 16.0 Å². The van der Waals surface area contributed by atoms with Gasteiger partial charge in [-0.25, -0.2) is 4.98 Å². The maximum absolute atomic E-state index is 13.3. The topological polar surface area (TPSA) is 100 Å². The van der Waals surface area contributed by atoms with Crippen molar-refractivity contribution in [1.29, 1.82) is 0 Å². The van der Waals surface area contributed by atoms with Crippen LogP contribution >= 0.6 is 0 Å². The van der Waals surface area contributed by atoms with Gasteiger partial charge in [-0.15, -0.1) is 0 Å². The van der Waals surface area contributed by atoms with Gasteiger partial charge in [0, 0.05) is 35.5 Å². The van der Waals surface area contributed by atoms with E-state index in [0.717, 1.165) is 40.9 Å². The number of fused-ring (bicyclic) bond motifs is 1. The lowest BCUT2D eigenvalue weighted by atomic mass is 9.64. The number of pyridine rings is 1. The number of nitrogens with zero attached hydrogens (tertiary/aromatic N) is 2. The quantitative estimate of drug-likeness (QED) is 0.499. The molecule has 7 nitrogen and oxygen atoms in total. The highest BCUT2D eigenvalue weighted by atomic mass is 16.2. The van der Waals surface area contributed by atoms with Crippen LogP contribution in [0.3, 0.4) is 0 Å². The van der Waals surface area contributed by atoms with Gasteiger partial charge in [0.15, 0.2) is 0 Å². The normalized spacial score (nSPS) is 30.2. The van der Waals surface area contributed by atoms with Crippen LogP contribution in [0.4, 0.5) is 11.5 Å². The van der Waals surface area contributed by atoms with Crippen LogP contribution in [0.15, 0.2) is 34.8 Å². The summed E-state index contributed by atoms with van der Waals surface area (Å²) >= 11 is 0. The van der Waals surface area contributed by atoms with E-state index in [1.54, 1.807) is 11.1 Å². The Bertz CT molecular complexity index is 1050. The van der Waals surface area contributed by atoms with Gasteiger partial charge in [0.25, 0.3) is 5.91 Å². The molecule has 2 atom stereocenters. The lowest BCUT2D eigenvalue weighted by molar-refractivity contribution is -0.126. The Morgan fingerprint density at radius 1 is 1.32 bits per heavy atom. The summed E-state index contributed by atoms with van der Waals surface area (Å²) in [6.45, 7) is 14.9. The van der Waals surface area contributed by atoms with E-state index in [9.17, 15) is 9.59 Å². The van der Waals surface area contributed by atoms with Crippen LogP contribution in [0.25, 0.3) is 0 Å². The van der Waals surface area contributed by atoms with Gasteiger partial charge in [-0.2, -0.15) is 0 Å². The molecule has 4 rings (SSSR count). The van der Waals surface area contributed by atoms with Crippen molar-refractivity contribution < 1.29 is 9.59 Å². The highest BCUT2D eigenvalue weighted by molar-refractivity contribution is 6.00. The second kappa shape index (κ2) is 6.58. The van der Waals surface area contributed by atoms with Crippen molar-refractivity contribution in [3.05, 3.63) is 40.4 Å². The maximum Gasteiger partial charge on any atom is 0.270 e. The van der Waals surface area contributed by atoms with E-state index in [2.05, 4.69) is 50.2 Å². The molecular formula is C24H33N5O2. The highest BCUT2D eigenvalue weighted by Crippen LogP contribution is 2.63. The molecule has 4 N–H and O–H groups in total. The molecule has 1 aromatic rings. The van der Waals surface area contributed by atoms with E-state index in [1.807, 2.05) is 19.9 Å². The first-order chi connectivity index (χ1) is 14.4. The molecular weight excluding hydrogens is 390 g/mol. The predicted molar refractivity (Wildman–Crippen MR) is 121 cm³/mol. The number of aromatic nitrogens is 1. The van der Waals surface area contributed by atoms with E-state index < -0.39 is 5.66 Å². The second-order valence-corrected chi connectivity index (χ2v) is 10.4. The molecule has 7 heteroatoms. The molecule has 31 heavy (non-hydrogen) atoms. The van der Waals surface area contributed by atoms with Crippen LogP contribution in [0, 0.1) is 16.7 Å². The summed E-state index contributed by atoms with van der Waals surface area (Å²) in [7, 11) is 0. The Morgan fingerprint density at radius 2 is 2.00 bits per heavy atom. The summed E-state index contributed by atoms with van der Waals surface area (Å²) in [5.74, 6) is 0.608. The number of hydrogen-bond acceptors (Lipinski definition) is 5. The average molecular weight is 424 g/mol. The summed E-state index contributed by atoms with van der Waals surface area (Å²) in [6.07, 6.45) is 3.93.